The van der Waals surface area contributed by atoms with Gasteiger partial charge in [-0.05, 0) is 25.0 Å². The van der Waals surface area contributed by atoms with Crippen LogP contribution in [0, 0.1) is 6.92 Å². The molecule has 0 spiro atoms. The van der Waals surface area contributed by atoms with E-state index < -0.39 is 0 Å². The van der Waals surface area contributed by atoms with E-state index in [1.807, 2.05) is 38.1 Å². The van der Waals surface area contributed by atoms with Crippen LogP contribution in [0.25, 0.3) is 0 Å². The minimum atomic E-state index is -0.0809. The maximum atomic E-state index is 12.0. The number of nitrogens with zero attached hydrogens (tertiary/aromatic N) is 2. The van der Waals surface area contributed by atoms with Crippen molar-refractivity contribution >= 4 is 52.4 Å². The normalized spacial score (nSPS) is 10.5. The molecule has 0 saturated carbocycles. The molecule has 134 valence electrons. The third kappa shape index (κ3) is 7.05. The molecule has 0 aliphatic heterocycles. The van der Waals surface area contributed by atoms with E-state index in [1.54, 1.807) is 0 Å². The second-order valence-electron chi connectivity index (χ2n) is 5.12. The van der Waals surface area contributed by atoms with Crippen molar-refractivity contribution in [3.8, 4) is 0 Å². The number of hydrogen-bond donors (Lipinski definition) is 2. The molecule has 2 rings (SSSR count). The highest BCUT2D eigenvalue weighted by Crippen LogP contribution is 2.28. The summed E-state index contributed by atoms with van der Waals surface area (Å²) in [6.07, 6.45) is 0.917. The molecule has 0 aliphatic carbocycles. The standard InChI is InChI=1S/C16H20N4O2S3/c1-3-8-17-13(21)9-23-15-19-20-16(25-15)24-10-14(22)18-12-7-5-4-6-11(12)2/h4-7H,3,8-10H2,1-2H3,(H,17,21)(H,18,22). The first kappa shape index (κ1) is 19.7. The molecular formula is C16H20N4O2S3. The van der Waals surface area contributed by atoms with Gasteiger partial charge >= 0.3 is 0 Å². The van der Waals surface area contributed by atoms with Crippen LogP contribution in [0.15, 0.2) is 32.9 Å². The van der Waals surface area contributed by atoms with E-state index in [9.17, 15) is 9.59 Å². The molecule has 2 N–H and O–H groups in total. The average molecular weight is 397 g/mol. The first-order valence-electron chi connectivity index (χ1n) is 7.79. The van der Waals surface area contributed by atoms with Crippen molar-refractivity contribution in [1.82, 2.24) is 15.5 Å². The van der Waals surface area contributed by atoms with Crippen LogP contribution in [0.5, 0.6) is 0 Å². The Morgan fingerprint density at radius 1 is 1.08 bits per heavy atom. The number of carbonyl (C=O) groups is 2. The lowest BCUT2D eigenvalue weighted by molar-refractivity contribution is -0.118. The first-order chi connectivity index (χ1) is 12.1. The lowest BCUT2D eigenvalue weighted by atomic mass is 10.2. The third-order valence-electron chi connectivity index (χ3n) is 3.03. The number of anilines is 1. The van der Waals surface area contributed by atoms with Crippen LogP contribution >= 0.6 is 34.9 Å². The molecule has 1 aromatic carbocycles. The van der Waals surface area contributed by atoms with Crippen LogP contribution in [0.4, 0.5) is 5.69 Å². The van der Waals surface area contributed by atoms with E-state index in [0.29, 0.717) is 12.3 Å². The van der Waals surface area contributed by atoms with Crippen LogP contribution in [-0.2, 0) is 9.59 Å². The summed E-state index contributed by atoms with van der Waals surface area (Å²) in [5, 5.41) is 13.8. The Bertz CT molecular complexity index is 721. The molecule has 1 aromatic heterocycles. The number of benzene rings is 1. The fourth-order valence-electron chi connectivity index (χ4n) is 1.78. The quantitative estimate of drug-likeness (QED) is 0.633. The number of amides is 2. The Kier molecular flexibility index (Phi) is 8.23. The molecule has 9 heteroatoms. The SMILES string of the molecule is CCCNC(=O)CSc1nnc(SCC(=O)Nc2ccccc2C)s1. The predicted octanol–water partition coefficient (Wildman–Crippen LogP) is 3.20. The van der Waals surface area contributed by atoms with E-state index in [0.717, 1.165) is 26.4 Å². The Balaban J connectivity index is 1.74. The number of rotatable bonds is 9. The number of aromatic nitrogens is 2. The molecular weight excluding hydrogens is 376 g/mol. The molecule has 2 amide bonds. The summed E-state index contributed by atoms with van der Waals surface area (Å²) in [4.78, 5) is 23.6. The molecule has 0 fully saturated rings. The summed E-state index contributed by atoms with van der Waals surface area (Å²) in [6.45, 7) is 4.65. The summed E-state index contributed by atoms with van der Waals surface area (Å²) >= 11 is 4.09. The van der Waals surface area contributed by atoms with Crippen LogP contribution < -0.4 is 10.6 Å². The van der Waals surface area contributed by atoms with Crippen molar-refractivity contribution < 1.29 is 9.59 Å². The minimum absolute atomic E-state index is 0.00568. The molecule has 6 nitrogen and oxygen atoms in total. The van der Waals surface area contributed by atoms with Gasteiger partial charge in [-0.2, -0.15) is 0 Å². The zero-order valence-corrected chi connectivity index (χ0v) is 16.5. The molecule has 0 aliphatic rings. The van der Waals surface area contributed by atoms with E-state index in [1.165, 1.54) is 34.9 Å². The third-order valence-corrected chi connectivity index (χ3v) is 6.22. The molecule has 0 atom stereocenters. The van der Waals surface area contributed by atoms with Gasteiger partial charge in [0.15, 0.2) is 8.68 Å². The van der Waals surface area contributed by atoms with Crippen molar-refractivity contribution in [1.29, 1.82) is 0 Å². The number of hydrogen-bond acceptors (Lipinski definition) is 7. The van der Waals surface area contributed by atoms with Crippen molar-refractivity contribution in [2.24, 2.45) is 0 Å². The number of nitrogens with one attached hydrogen (secondary N) is 2. The van der Waals surface area contributed by atoms with E-state index in [4.69, 9.17) is 0 Å². The minimum Gasteiger partial charge on any atom is -0.355 e. The molecule has 2 aromatic rings. The van der Waals surface area contributed by atoms with Crippen molar-refractivity contribution in [3.05, 3.63) is 29.8 Å². The Morgan fingerprint density at radius 3 is 2.36 bits per heavy atom. The lowest BCUT2D eigenvalue weighted by Gasteiger charge is -2.06. The van der Waals surface area contributed by atoms with Crippen LogP contribution in [-0.4, -0.2) is 40.1 Å². The van der Waals surface area contributed by atoms with Gasteiger partial charge in [0.25, 0.3) is 0 Å². The summed E-state index contributed by atoms with van der Waals surface area (Å²) in [6, 6.07) is 7.65. The van der Waals surface area contributed by atoms with Gasteiger partial charge in [0.2, 0.25) is 11.8 Å². The van der Waals surface area contributed by atoms with Gasteiger partial charge in [0, 0.05) is 12.2 Å². The van der Waals surface area contributed by atoms with Crippen molar-refractivity contribution in [3.63, 3.8) is 0 Å². The number of aryl methyl sites for hydroxylation is 1. The zero-order valence-electron chi connectivity index (χ0n) is 14.1. The van der Waals surface area contributed by atoms with Gasteiger partial charge in [-0.15, -0.1) is 10.2 Å². The fourth-order valence-corrected chi connectivity index (χ4v) is 4.43. The largest absolute Gasteiger partial charge is 0.355 e. The summed E-state index contributed by atoms with van der Waals surface area (Å²) in [7, 11) is 0. The zero-order chi connectivity index (χ0) is 18.1. The van der Waals surface area contributed by atoms with Gasteiger partial charge in [-0.3, -0.25) is 9.59 Å². The summed E-state index contributed by atoms with van der Waals surface area (Å²) in [5.74, 6) is 0.508. The van der Waals surface area contributed by atoms with Crippen molar-refractivity contribution in [2.45, 2.75) is 28.9 Å². The average Bonchev–Trinajstić information content (AvgIpc) is 3.06. The number of para-hydroxylation sites is 1. The highest BCUT2D eigenvalue weighted by molar-refractivity contribution is 8.03. The van der Waals surface area contributed by atoms with Gasteiger partial charge in [-0.25, -0.2) is 0 Å². The highest BCUT2D eigenvalue weighted by Gasteiger charge is 2.11. The maximum Gasteiger partial charge on any atom is 0.234 e. The maximum absolute atomic E-state index is 12.0. The molecule has 25 heavy (non-hydrogen) atoms. The topological polar surface area (TPSA) is 84.0 Å². The van der Waals surface area contributed by atoms with E-state index >= 15 is 0 Å². The van der Waals surface area contributed by atoms with Crippen LogP contribution in [0.2, 0.25) is 0 Å². The Hall–Kier alpha value is -1.58. The van der Waals surface area contributed by atoms with Crippen LogP contribution in [0.3, 0.4) is 0 Å². The molecule has 0 saturated heterocycles. The van der Waals surface area contributed by atoms with Gasteiger partial charge < -0.3 is 10.6 Å². The number of carbonyl (C=O) groups excluding carboxylic acids is 2. The molecule has 0 radical (unpaired) electrons. The van der Waals surface area contributed by atoms with Gasteiger partial charge in [0.1, 0.15) is 0 Å². The summed E-state index contributed by atoms with van der Waals surface area (Å²) in [5.41, 5.74) is 1.84. The van der Waals surface area contributed by atoms with E-state index in [-0.39, 0.29) is 17.6 Å². The van der Waals surface area contributed by atoms with E-state index in [2.05, 4.69) is 20.8 Å². The Morgan fingerprint density at radius 2 is 1.72 bits per heavy atom. The molecule has 0 bridgehead atoms. The van der Waals surface area contributed by atoms with Crippen LogP contribution in [0.1, 0.15) is 18.9 Å². The molecule has 1 heterocycles. The lowest BCUT2D eigenvalue weighted by Crippen LogP contribution is -2.25. The number of thioether (sulfide) groups is 2. The van der Waals surface area contributed by atoms with Gasteiger partial charge in [0.05, 0.1) is 11.5 Å². The second-order valence-corrected chi connectivity index (χ2v) is 8.55. The summed E-state index contributed by atoms with van der Waals surface area (Å²) < 4.78 is 1.45. The Labute approximate surface area is 159 Å². The first-order valence-corrected chi connectivity index (χ1v) is 10.6. The predicted molar refractivity (Wildman–Crippen MR) is 104 cm³/mol. The van der Waals surface area contributed by atoms with Crippen molar-refractivity contribution in [2.75, 3.05) is 23.4 Å². The van der Waals surface area contributed by atoms with Gasteiger partial charge in [-0.1, -0.05) is 60.0 Å². The fraction of sp³-hybridized carbons (Fsp3) is 0.375. The smallest absolute Gasteiger partial charge is 0.234 e. The monoisotopic (exact) mass is 396 g/mol. The molecule has 0 unspecified atom stereocenters. The second kappa shape index (κ2) is 10.4. The highest BCUT2D eigenvalue weighted by atomic mass is 32.2.